The van der Waals surface area contributed by atoms with Crippen LogP contribution in [0.3, 0.4) is 0 Å². The van der Waals surface area contributed by atoms with Crippen LogP contribution in [0.25, 0.3) is 0 Å². The first kappa shape index (κ1) is 17.0. The molecule has 0 saturated heterocycles. The van der Waals surface area contributed by atoms with Gasteiger partial charge in [-0.05, 0) is 37.5 Å². The van der Waals surface area contributed by atoms with Crippen LogP contribution in [0.5, 0.6) is 5.75 Å². The summed E-state index contributed by atoms with van der Waals surface area (Å²) in [6, 6.07) is 4.12. The van der Waals surface area contributed by atoms with Crippen LogP contribution in [0, 0.1) is 13.8 Å². The van der Waals surface area contributed by atoms with E-state index in [4.69, 9.17) is 4.74 Å². The lowest BCUT2D eigenvalue weighted by atomic mass is 9.96. The molecule has 0 bridgehead atoms. The highest BCUT2D eigenvalue weighted by molar-refractivity contribution is 5.44. The molecule has 1 atom stereocenters. The topological polar surface area (TPSA) is 29.5 Å². The van der Waals surface area contributed by atoms with E-state index in [1.807, 2.05) is 6.07 Å². The van der Waals surface area contributed by atoms with Crippen LogP contribution in [-0.2, 0) is 0 Å². The maximum Gasteiger partial charge on any atom is 0.125 e. The van der Waals surface area contributed by atoms with Crippen molar-refractivity contribution in [2.24, 2.45) is 0 Å². The van der Waals surface area contributed by atoms with E-state index in [1.165, 1.54) is 37.7 Å². The molecule has 0 aliphatic rings. The molecule has 1 aromatic rings. The van der Waals surface area contributed by atoms with Crippen molar-refractivity contribution < 1.29 is 9.84 Å². The van der Waals surface area contributed by atoms with Gasteiger partial charge in [0.15, 0.2) is 0 Å². The zero-order valence-corrected chi connectivity index (χ0v) is 13.5. The third kappa shape index (κ3) is 5.16. The first-order valence-electron chi connectivity index (χ1n) is 7.93. The standard InChI is InChI=1S/C18H30O2/c1-5-6-7-8-9-10-11-16(19)18-15(3)12-14(2)13-17(18)20-4/h12-13,16,19H,5-11H2,1-4H3. The molecule has 1 rings (SSSR count). The number of unbranched alkanes of at least 4 members (excludes halogenated alkanes) is 5. The molecule has 0 aromatic heterocycles. The van der Waals surface area contributed by atoms with Crippen molar-refractivity contribution in [2.45, 2.75) is 71.8 Å². The van der Waals surface area contributed by atoms with Crippen LogP contribution in [-0.4, -0.2) is 12.2 Å². The monoisotopic (exact) mass is 278 g/mol. The molecule has 20 heavy (non-hydrogen) atoms. The van der Waals surface area contributed by atoms with Crippen molar-refractivity contribution >= 4 is 0 Å². The molecule has 1 aromatic carbocycles. The Kier molecular flexibility index (Phi) is 7.68. The molecule has 114 valence electrons. The number of aryl methyl sites for hydroxylation is 2. The first-order chi connectivity index (χ1) is 9.60. The van der Waals surface area contributed by atoms with Gasteiger partial charge in [-0.1, -0.05) is 51.5 Å². The smallest absolute Gasteiger partial charge is 0.125 e. The minimum absolute atomic E-state index is 0.406. The fraction of sp³-hybridized carbons (Fsp3) is 0.667. The predicted molar refractivity (Wildman–Crippen MR) is 85.4 cm³/mol. The van der Waals surface area contributed by atoms with Crippen LogP contribution in [0.4, 0.5) is 0 Å². The number of aliphatic hydroxyl groups is 1. The lowest BCUT2D eigenvalue weighted by molar-refractivity contribution is 0.158. The highest BCUT2D eigenvalue weighted by Gasteiger charge is 2.16. The van der Waals surface area contributed by atoms with Gasteiger partial charge in [0, 0.05) is 5.56 Å². The molecule has 0 heterocycles. The van der Waals surface area contributed by atoms with E-state index >= 15 is 0 Å². The van der Waals surface area contributed by atoms with E-state index < -0.39 is 6.10 Å². The molecular weight excluding hydrogens is 248 g/mol. The Balaban J connectivity index is 2.52. The molecule has 2 nitrogen and oxygen atoms in total. The molecule has 1 unspecified atom stereocenters. The van der Waals surface area contributed by atoms with Gasteiger partial charge in [-0.2, -0.15) is 0 Å². The largest absolute Gasteiger partial charge is 0.496 e. The van der Waals surface area contributed by atoms with Gasteiger partial charge in [-0.25, -0.2) is 0 Å². The lowest BCUT2D eigenvalue weighted by Gasteiger charge is -2.18. The van der Waals surface area contributed by atoms with E-state index in [0.29, 0.717) is 0 Å². The number of ether oxygens (including phenoxy) is 1. The summed E-state index contributed by atoms with van der Waals surface area (Å²) in [5.74, 6) is 0.820. The Morgan fingerprint density at radius 1 is 1.05 bits per heavy atom. The van der Waals surface area contributed by atoms with Crippen LogP contribution in [0.15, 0.2) is 12.1 Å². The molecule has 2 heteroatoms. The molecule has 0 aliphatic heterocycles. The molecule has 0 fully saturated rings. The molecule has 0 saturated carbocycles. The maximum atomic E-state index is 10.4. The second-order valence-corrected chi connectivity index (χ2v) is 5.77. The summed E-state index contributed by atoms with van der Waals surface area (Å²) in [5.41, 5.74) is 3.27. The van der Waals surface area contributed by atoms with Gasteiger partial charge in [0.2, 0.25) is 0 Å². The third-order valence-corrected chi connectivity index (χ3v) is 3.88. The molecule has 0 radical (unpaired) electrons. The van der Waals surface area contributed by atoms with Gasteiger partial charge in [0.25, 0.3) is 0 Å². The fourth-order valence-electron chi connectivity index (χ4n) is 2.80. The SMILES string of the molecule is CCCCCCCCC(O)c1c(C)cc(C)cc1OC. The van der Waals surface area contributed by atoms with E-state index in [0.717, 1.165) is 29.7 Å². The van der Waals surface area contributed by atoms with E-state index in [1.54, 1.807) is 7.11 Å². The van der Waals surface area contributed by atoms with Gasteiger partial charge < -0.3 is 9.84 Å². The number of rotatable bonds is 9. The van der Waals surface area contributed by atoms with Gasteiger partial charge in [-0.3, -0.25) is 0 Å². The second kappa shape index (κ2) is 9.02. The van der Waals surface area contributed by atoms with Crippen LogP contribution in [0.2, 0.25) is 0 Å². The van der Waals surface area contributed by atoms with Crippen molar-refractivity contribution in [3.8, 4) is 5.75 Å². The zero-order chi connectivity index (χ0) is 15.0. The number of aliphatic hydroxyl groups excluding tert-OH is 1. The summed E-state index contributed by atoms with van der Waals surface area (Å²) >= 11 is 0. The second-order valence-electron chi connectivity index (χ2n) is 5.77. The summed E-state index contributed by atoms with van der Waals surface area (Å²) in [7, 11) is 1.68. The van der Waals surface area contributed by atoms with E-state index in [2.05, 4.69) is 26.8 Å². The normalized spacial score (nSPS) is 12.4. The predicted octanol–water partition coefficient (Wildman–Crippen LogP) is 5.10. The summed E-state index contributed by atoms with van der Waals surface area (Å²) < 4.78 is 5.43. The average Bonchev–Trinajstić information content (AvgIpc) is 2.41. The lowest BCUT2D eigenvalue weighted by Crippen LogP contribution is -2.04. The third-order valence-electron chi connectivity index (χ3n) is 3.88. The number of hydrogen-bond donors (Lipinski definition) is 1. The van der Waals surface area contributed by atoms with Crippen molar-refractivity contribution in [1.29, 1.82) is 0 Å². The van der Waals surface area contributed by atoms with Crippen molar-refractivity contribution in [2.75, 3.05) is 7.11 Å². The maximum absolute atomic E-state index is 10.4. The van der Waals surface area contributed by atoms with Gasteiger partial charge in [-0.15, -0.1) is 0 Å². The molecule has 1 N–H and O–H groups in total. The minimum Gasteiger partial charge on any atom is -0.496 e. The van der Waals surface area contributed by atoms with Crippen LogP contribution < -0.4 is 4.74 Å². The average molecular weight is 278 g/mol. The highest BCUT2D eigenvalue weighted by Crippen LogP contribution is 2.32. The van der Waals surface area contributed by atoms with Gasteiger partial charge in [0.05, 0.1) is 13.2 Å². The summed E-state index contributed by atoms with van der Waals surface area (Å²) in [5, 5.41) is 10.4. The van der Waals surface area contributed by atoms with Crippen LogP contribution >= 0.6 is 0 Å². The molecule has 0 spiro atoms. The van der Waals surface area contributed by atoms with Crippen molar-refractivity contribution in [3.05, 3.63) is 28.8 Å². The van der Waals surface area contributed by atoms with Crippen LogP contribution in [0.1, 0.15) is 74.7 Å². The summed E-state index contributed by atoms with van der Waals surface area (Å²) in [6.45, 7) is 6.34. The van der Waals surface area contributed by atoms with Gasteiger partial charge in [0.1, 0.15) is 5.75 Å². The van der Waals surface area contributed by atoms with Crippen molar-refractivity contribution in [3.63, 3.8) is 0 Å². The molecular formula is C18H30O2. The van der Waals surface area contributed by atoms with E-state index in [-0.39, 0.29) is 0 Å². The highest BCUT2D eigenvalue weighted by atomic mass is 16.5. The van der Waals surface area contributed by atoms with Crippen molar-refractivity contribution in [1.82, 2.24) is 0 Å². The summed E-state index contributed by atoms with van der Waals surface area (Å²) in [6.07, 6.45) is 7.93. The Labute approximate surface area is 124 Å². The quantitative estimate of drug-likeness (QED) is 0.637. The number of benzene rings is 1. The number of hydrogen-bond acceptors (Lipinski definition) is 2. The molecule has 0 amide bonds. The van der Waals surface area contributed by atoms with Gasteiger partial charge >= 0.3 is 0 Å². The van der Waals surface area contributed by atoms with E-state index in [9.17, 15) is 5.11 Å². The number of methoxy groups -OCH3 is 1. The zero-order valence-electron chi connectivity index (χ0n) is 13.5. The summed E-state index contributed by atoms with van der Waals surface area (Å²) in [4.78, 5) is 0. The Morgan fingerprint density at radius 3 is 2.35 bits per heavy atom. The Bertz CT molecular complexity index is 399. The molecule has 0 aliphatic carbocycles. The Hall–Kier alpha value is -1.02. The Morgan fingerprint density at radius 2 is 1.70 bits per heavy atom. The fourth-order valence-corrected chi connectivity index (χ4v) is 2.80. The minimum atomic E-state index is -0.406. The first-order valence-corrected chi connectivity index (χ1v) is 7.93.